The number of aromatic hydroxyl groups is 1. The fraction of sp³-hybridized carbons (Fsp3) is 0.269. The van der Waals surface area contributed by atoms with E-state index in [0.29, 0.717) is 18.0 Å². The number of rotatable bonds is 5. The third-order valence-electron chi connectivity index (χ3n) is 5.34. The lowest BCUT2D eigenvalue weighted by molar-refractivity contribution is -0.137. The predicted octanol–water partition coefficient (Wildman–Crippen LogP) is 5.34. The minimum atomic E-state index is -0.711. The molecule has 4 N–H and O–H groups in total. The third kappa shape index (κ3) is 5.52. The van der Waals surface area contributed by atoms with Gasteiger partial charge in [0.05, 0.1) is 5.52 Å². The van der Waals surface area contributed by atoms with Crippen molar-refractivity contribution >= 4 is 33.6 Å². The van der Waals surface area contributed by atoms with Gasteiger partial charge in [0.15, 0.2) is 5.82 Å². The molecular weight excluding hydrogens is 402 g/mol. The molecule has 0 amide bonds. The van der Waals surface area contributed by atoms with Crippen LogP contribution in [0.15, 0.2) is 48.7 Å². The number of nitrogens with two attached hydrogens (primary N) is 1. The van der Waals surface area contributed by atoms with E-state index in [0.717, 1.165) is 57.8 Å². The topological polar surface area (TPSA) is 109 Å². The molecule has 0 atom stereocenters. The standard InChI is InChI=1S/C22H21N3O.C4H8O2/c1-13-3-8-18-19-11-15(4-5-16-6-7-17(26)10-14(16)2)12-24-21(19)22(23)25-20(18)9-13;1-2-3-4(5)6/h3,6-12,26H,4-5H2,1-2H3,(H2,23,25);2-3H2,1H3,(H,5,6). The van der Waals surface area contributed by atoms with Crippen molar-refractivity contribution in [2.45, 2.75) is 46.5 Å². The lowest BCUT2D eigenvalue weighted by Crippen LogP contribution is -1.99. The monoisotopic (exact) mass is 431 g/mol. The Morgan fingerprint density at radius 1 is 1.03 bits per heavy atom. The van der Waals surface area contributed by atoms with E-state index in [2.05, 4.69) is 41.2 Å². The number of phenols is 1. The molecule has 0 fully saturated rings. The number of benzene rings is 2. The molecule has 0 unspecified atom stereocenters. The van der Waals surface area contributed by atoms with Gasteiger partial charge in [-0.15, -0.1) is 0 Å². The first-order valence-electron chi connectivity index (χ1n) is 10.7. The first-order valence-corrected chi connectivity index (χ1v) is 10.7. The number of aliphatic carboxylic acids is 1. The molecular formula is C26H29N3O3. The number of carboxylic acids is 1. The maximum absolute atomic E-state index is 9.60. The predicted molar refractivity (Wildman–Crippen MR) is 129 cm³/mol. The lowest BCUT2D eigenvalue weighted by Gasteiger charge is -2.10. The SMILES string of the molecule is CCCC(=O)O.Cc1ccc2c(c1)nc(N)c1ncc(CCc3ccc(O)cc3C)cc12. The molecule has 2 aromatic heterocycles. The summed E-state index contributed by atoms with van der Waals surface area (Å²) in [7, 11) is 0. The second-order valence-corrected chi connectivity index (χ2v) is 8.01. The molecule has 4 aromatic rings. The molecule has 2 aromatic carbocycles. The number of carboxylic acid groups (broad SMARTS) is 1. The van der Waals surface area contributed by atoms with E-state index in [9.17, 15) is 9.90 Å². The Kier molecular flexibility index (Phi) is 7.25. The Bertz CT molecular complexity index is 1270. The van der Waals surface area contributed by atoms with Crippen molar-refractivity contribution in [2.75, 3.05) is 5.73 Å². The number of aryl methyl sites for hydroxylation is 4. The molecule has 32 heavy (non-hydrogen) atoms. The van der Waals surface area contributed by atoms with Crippen molar-refractivity contribution in [3.63, 3.8) is 0 Å². The van der Waals surface area contributed by atoms with Gasteiger partial charge >= 0.3 is 5.97 Å². The highest BCUT2D eigenvalue weighted by Gasteiger charge is 2.09. The van der Waals surface area contributed by atoms with E-state index in [4.69, 9.17) is 10.8 Å². The quantitative estimate of drug-likeness (QED) is 0.368. The molecule has 0 aliphatic heterocycles. The average molecular weight is 432 g/mol. The van der Waals surface area contributed by atoms with E-state index in [1.807, 2.05) is 26.1 Å². The molecule has 0 radical (unpaired) electrons. The van der Waals surface area contributed by atoms with E-state index < -0.39 is 5.97 Å². The van der Waals surface area contributed by atoms with Gasteiger partial charge in [-0.05, 0) is 79.6 Å². The highest BCUT2D eigenvalue weighted by molar-refractivity contribution is 6.08. The number of fused-ring (bicyclic) bond motifs is 3. The van der Waals surface area contributed by atoms with Crippen LogP contribution in [0.5, 0.6) is 5.75 Å². The lowest BCUT2D eigenvalue weighted by atomic mass is 9.99. The number of hydrogen-bond donors (Lipinski definition) is 3. The van der Waals surface area contributed by atoms with E-state index in [1.165, 1.54) is 5.56 Å². The summed E-state index contributed by atoms with van der Waals surface area (Å²) in [5, 5.41) is 19.6. The zero-order chi connectivity index (χ0) is 23.3. The van der Waals surface area contributed by atoms with Gasteiger partial charge < -0.3 is 15.9 Å². The van der Waals surface area contributed by atoms with Crippen LogP contribution < -0.4 is 5.73 Å². The van der Waals surface area contributed by atoms with Crippen LogP contribution >= 0.6 is 0 Å². The summed E-state index contributed by atoms with van der Waals surface area (Å²) in [5.41, 5.74) is 12.5. The number of hydrogen-bond acceptors (Lipinski definition) is 5. The number of nitrogen functional groups attached to an aromatic ring is 1. The zero-order valence-electron chi connectivity index (χ0n) is 18.7. The van der Waals surface area contributed by atoms with E-state index in [1.54, 1.807) is 12.1 Å². The van der Waals surface area contributed by atoms with Gasteiger partial charge in [-0.3, -0.25) is 9.78 Å². The van der Waals surface area contributed by atoms with Gasteiger partial charge in [0, 0.05) is 23.4 Å². The average Bonchev–Trinajstić information content (AvgIpc) is 2.73. The van der Waals surface area contributed by atoms with E-state index in [-0.39, 0.29) is 0 Å². The Hall–Kier alpha value is -3.67. The minimum absolute atomic E-state index is 0.292. The number of anilines is 1. The van der Waals surface area contributed by atoms with Crippen molar-refractivity contribution in [1.82, 2.24) is 9.97 Å². The number of carbonyl (C=O) groups is 1. The number of pyridine rings is 2. The van der Waals surface area contributed by atoms with Crippen LogP contribution in [0.25, 0.3) is 21.8 Å². The summed E-state index contributed by atoms with van der Waals surface area (Å²) < 4.78 is 0. The second kappa shape index (κ2) is 10.1. The smallest absolute Gasteiger partial charge is 0.303 e. The Labute approximate surface area is 187 Å². The number of phenolic OH excluding ortho intramolecular Hbond substituents is 1. The summed E-state index contributed by atoms with van der Waals surface area (Å²) in [5.74, 6) is 0.0693. The summed E-state index contributed by atoms with van der Waals surface area (Å²) in [6, 6.07) is 13.9. The van der Waals surface area contributed by atoms with Gasteiger partial charge in [0.2, 0.25) is 0 Å². The maximum atomic E-state index is 9.60. The van der Waals surface area contributed by atoms with Crippen molar-refractivity contribution in [1.29, 1.82) is 0 Å². The summed E-state index contributed by atoms with van der Waals surface area (Å²) in [6.07, 6.45) is 4.69. The molecule has 0 aliphatic rings. The number of aromatic nitrogens is 2. The van der Waals surface area contributed by atoms with Gasteiger partial charge in [-0.25, -0.2) is 4.98 Å². The molecule has 0 saturated heterocycles. The molecule has 0 saturated carbocycles. The molecule has 6 heteroatoms. The van der Waals surface area contributed by atoms with Crippen LogP contribution in [-0.2, 0) is 17.6 Å². The molecule has 2 heterocycles. The third-order valence-corrected chi connectivity index (χ3v) is 5.34. The first kappa shape index (κ1) is 23.0. The fourth-order valence-corrected chi connectivity index (χ4v) is 3.65. The second-order valence-electron chi connectivity index (χ2n) is 8.01. The Morgan fingerprint density at radius 2 is 1.81 bits per heavy atom. The van der Waals surface area contributed by atoms with Crippen molar-refractivity contribution in [3.05, 3.63) is 70.9 Å². The van der Waals surface area contributed by atoms with Crippen LogP contribution in [0.4, 0.5) is 5.82 Å². The van der Waals surface area contributed by atoms with E-state index >= 15 is 0 Å². The van der Waals surface area contributed by atoms with Crippen molar-refractivity contribution in [3.8, 4) is 5.75 Å². The molecule has 166 valence electrons. The largest absolute Gasteiger partial charge is 0.508 e. The van der Waals surface area contributed by atoms with Crippen LogP contribution in [0, 0.1) is 13.8 Å². The van der Waals surface area contributed by atoms with Crippen LogP contribution in [0.2, 0.25) is 0 Å². The molecule has 0 bridgehead atoms. The number of nitrogens with zero attached hydrogens (tertiary/aromatic N) is 2. The van der Waals surface area contributed by atoms with Crippen molar-refractivity contribution in [2.24, 2.45) is 0 Å². The molecule has 0 spiro atoms. The first-order chi connectivity index (χ1) is 15.3. The fourth-order valence-electron chi connectivity index (χ4n) is 3.65. The Balaban J connectivity index is 0.000000427. The maximum Gasteiger partial charge on any atom is 0.303 e. The Morgan fingerprint density at radius 3 is 2.47 bits per heavy atom. The minimum Gasteiger partial charge on any atom is -0.508 e. The normalized spacial score (nSPS) is 10.7. The van der Waals surface area contributed by atoms with Crippen LogP contribution in [-0.4, -0.2) is 26.2 Å². The van der Waals surface area contributed by atoms with Crippen LogP contribution in [0.3, 0.4) is 0 Å². The molecule has 4 rings (SSSR count). The van der Waals surface area contributed by atoms with Gasteiger partial charge in [0.1, 0.15) is 11.3 Å². The highest BCUT2D eigenvalue weighted by Crippen LogP contribution is 2.28. The van der Waals surface area contributed by atoms with Crippen molar-refractivity contribution < 1.29 is 15.0 Å². The summed E-state index contributed by atoms with van der Waals surface area (Å²) >= 11 is 0. The van der Waals surface area contributed by atoms with Gasteiger partial charge in [0.25, 0.3) is 0 Å². The van der Waals surface area contributed by atoms with Crippen LogP contribution in [0.1, 0.15) is 42.0 Å². The van der Waals surface area contributed by atoms with Gasteiger partial charge in [-0.1, -0.05) is 25.1 Å². The molecule has 6 nitrogen and oxygen atoms in total. The summed E-state index contributed by atoms with van der Waals surface area (Å²) in [6.45, 7) is 5.92. The van der Waals surface area contributed by atoms with Gasteiger partial charge in [-0.2, -0.15) is 0 Å². The summed E-state index contributed by atoms with van der Waals surface area (Å²) in [4.78, 5) is 18.7. The zero-order valence-corrected chi connectivity index (χ0v) is 18.7. The highest BCUT2D eigenvalue weighted by atomic mass is 16.4. The molecule has 0 aliphatic carbocycles.